The van der Waals surface area contributed by atoms with Crippen molar-refractivity contribution < 1.29 is 14.3 Å². The van der Waals surface area contributed by atoms with Crippen LogP contribution in [0.1, 0.15) is 31.9 Å². The minimum atomic E-state index is -0.874. The normalized spacial score (nSPS) is 12.9. The van der Waals surface area contributed by atoms with Crippen LogP contribution in [-0.2, 0) is 27.2 Å². The van der Waals surface area contributed by atoms with Crippen LogP contribution >= 0.6 is 69.9 Å². The van der Waals surface area contributed by atoms with Crippen molar-refractivity contribution >= 4 is 81.8 Å². The van der Waals surface area contributed by atoms with E-state index in [-0.39, 0.29) is 24.3 Å². The largest absolute Gasteiger partial charge is 0.461 e. The van der Waals surface area contributed by atoms with Gasteiger partial charge < -0.3 is 10.1 Å². The summed E-state index contributed by atoms with van der Waals surface area (Å²) >= 11 is 27.4. The van der Waals surface area contributed by atoms with E-state index in [1.165, 1.54) is 0 Å². The van der Waals surface area contributed by atoms with Gasteiger partial charge >= 0.3 is 5.97 Å². The molecule has 2 rings (SSSR count). The molecule has 36 heavy (non-hydrogen) atoms. The summed E-state index contributed by atoms with van der Waals surface area (Å²) in [4.78, 5) is 28.2. The molecule has 1 amide bonds. The average molecular weight is 611 g/mol. The Morgan fingerprint density at radius 3 is 2.06 bits per heavy atom. The van der Waals surface area contributed by atoms with Gasteiger partial charge in [-0.1, -0.05) is 36.2 Å². The number of amides is 1. The molecule has 198 valence electrons. The van der Waals surface area contributed by atoms with Crippen molar-refractivity contribution in [2.45, 2.75) is 55.5 Å². The van der Waals surface area contributed by atoms with E-state index in [9.17, 15) is 9.59 Å². The fourth-order valence-electron chi connectivity index (χ4n) is 3.40. The summed E-state index contributed by atoms with van der Waals surface area (Å²) in [6.45, 7) is 5.38. The van der Waals surface area contributed by atoms with E-state index in [1.54, 1.807) is 55.6 Å². The molecule has 4 nitrogen and oxygen atoms in total. The van der Waals surface area contributed by atoms with Crippen LogP contribution in [0.4, 0.5) is 0 Å². The molecule has 0 heterocycles. The van der Waals surface area contributed by atoms with Crippen molar-refractivity contribution in [3.8, 4) is 0 Å². The highest BCUT2D eigenvalue weighted by Crippen LogP contribution is 2.29. The van der Waals surface area contributed by atoms with Crippen LogP contribution < -0.4 is 5.32 Å². The predicted octanol–water partition coefficient (Wildman–Crippen LogP) is 7.51. The minimum absolute atomic E-state index is 0.198. The molecule has 0 bridgehead atoms. The first-order chi connectivity index (χ1) is 17.1. The van der Waals surface area contributed by atoms with E-state index in [0.29, 0.717) is 33.8 Å². The van der Waals surface area contributed by atoms with E-state index in [0.717, 1.165) is 26.9 Å². The van der Waals surface area contributed by atoms with Crippen molar-refractivity contribution in [1.29, 1.82) is 0 Å². The number of hydrogen-bond donors (Lipinski definition) is 1. The maximum absolute atomic E-state index is 13.2. The van der Waals surface area contributed by atoms with Crippen LogP contribution in [0.15, 0.2) is 46.2 Å². The molecule has 2 aromatic carbocycles. The standard InChI is InChI=1S/C26H31Cl4NO3S2/c1-16(2)34-26(33)24(13-19-4-5-20(29)14-23(19)30)31-25(32)17(3)10-18-11-21(35-8-6-27)15-22(12-18)36-9-7-28/h4-5,11-12,14-17,24H,6-10,13H2,1-3H3,(H,31,32)/t17?,24-/m0/s1. The van der Waals surface area contributed by atoms with Gasteiger partial charge in [0.15, 0.2) is 0 Å². The van der Waals surface area contributed by atoms with E-state index >= 15 is 0 Å². The molecule has 0 saturated carbocycles. The highest BCUT2D eigenvalue weighted by Gasteiger charge is 2.27. The summed E-state index contributed by atoms with van der Waals surface area (Å²) in [5, 5.41) is 3.81. The second kappa shape index (κ2) is 16.3. The van der Waals surface area contributed by atoms with Crippen LogP contribution in [-0.4, -0.2) is 47.3 Å². The first-order valence-corrected chi connectivity index (χ1v) is 15.4. The fourth-order valence-corrected chi connectivity index (χ4v) is 5.94. The Morgan fingerprint density at radius 1 is 0.917 bits per heavy atom. The van der Waals surface area contributed by atoms with Crippen LogP contribution in [0, 0.1) is 5.92 Å². The van der Waals surface area contributed by atoms with Crippen LogP contribution in [0.25, 0.3) is 0 Å². The van der Waals surface area contributed by atoms with Crippen molar-refractivity contribution in [3.05, 3.63) is 57.6 Å². The third-order valence-electron chi connectivity index (χ3n) is 5.01. The number of ether oxygens (including phenoxy) is 1. The lowest BCUT2D eigenvalue weighted by atomic mass is 9.99. The molecule has 0 aliphatic heterocycles. The zero-order chi connectivity index (χ0) is 26.7. The highest BCUT2D eigenvalue weighted by atomic mass is 35.5. The number of alkyl halides is 2. The van der Waals surface area contributed by atoms with Crippen molar-refractivity contribution in [3.63, 3.8) is 0 Å². The zero-order valence-electron chi connectivity index (χ0n) is 20.5. The van der Waals surface area contributed by atoms with E-state index < -0.39 is 12.0 Å². The maximum atomic E-state index is 13.2. The fraction of sp³-hybridized carbons (Fsp3) is 0.462. The summed E-state index contributed by atoms with van der Waals surface area (Å²) in [6, 6.07) is 10.5. The third-order valence-corrected chi connectivity index (χ3v) is 8.38. The van der Waals surface area contributed by atoms with Crippen LogP contribution in [0.5, 0.6) is 0 Å². The summed E-state index contributed by atoms with van der Waals surface area (Å²) in [5.74, 6) is 1.60. The summed E-state index contributed by atoms with van der Waals surface area (Å²) < 4.78 is 5.40. The Morgan fingerprint density at radius 2 is 1.53 bits per heavy atom. The monoisotopic (exact) mass is 609 g/mol. The molecule has 2 aromatic rings. The predicted molar refractivity (Wildman–Crippen MR) is 156 cm³/mol. The molecule has 2 atom stereocenters. The van der Waals surface area contributed by atoms with Gasteiger partial charge in [0.2, 0.25) is 5.91 Å². The SMILES string of the molecule is CC(C)OC(=O)[C@H](Cc1ccc(Cl)cc1Cl)NC(=O)C(C)Cc1cc(SCCCl)cc(SCCCl)c1. The van der Waals surface area contributed by atoms with Crippen molar-refractivity contribution in [1.82, 2.24) is 5.32 Å². The van der Waals surface area contributed by atoms with Gasteiger partial charge in [0.05, 0.1) is 6.10 Å². The van der Waals surface area contributed by atoms with Gasteiger partial charge in [0, 0.05) is 55.4 Å². The smallest absolute Gasteiger partial charge is 0.329 e. The van der Waals surface area contributed by atoms with E-state index in [1.807, 2.05) is 6.92 Å². The maximum Gasteiger partial charge on any atom is 0.329 e. The number of carbonyl (C=O) groups is 2. The zero-order valence-corrected chi connectivity index (χ0v) is 25.1. The molecule has 0 aliphatic rings. The lowest BCUT2D eigenvalue weighted by molar-refractivity contribution is -0.151. The van der Waals surface area contributed by atoms with Crippen molar-refractivity contribution in [2.75, 3.05) is 23.3 Å². The number of halogens is 4. The Balaban J connectivity index is 2.17. The number of rotatable bonds is 14. The molecular weight excluding hydrogens is 580 g/mol. The Kier molecular flexibility index (Phi) is 14.2. The number of thioether (sulfide) groups is 2. The number of carbonyl (C=O) groups excluding carboxylic acids is 2. The van der Waals surface area contributed by atoms with Gasteiger partial charge in [0.25, 0.3) is 0 Å². The van der Waals surface area contributed by atoms with Gasteiger partial charge in [-0.25, -0.2) is 4.79 Å². The number of benzene rings is 2. The molecule has 0 fully saturated rings. The summed E-state index contributed by atoms with van der Waals surface area (Å²) in [7, 11) is 0. The second-order valence-corrected chi connectivity index (χ2v) is 12.4. The Labute approximate surface area is 242 Å². The number of esters is 1. The summed E-state index contributed by atoms with van der Waals surface area (Å²) in [6.07, 6.45) is 0.402. The quantitative estimate of drug-likeness (QED) is 0.136. The molecule has 0 spiro atoms. The second-order valence-electron chi connectivity index (χ2n) is 8.48. The summed E-state index contributed by atoms with van der Waals surface area (Å²) in [5.41, 5.74) is 1.74. The molecule has 1 unspecified atom stereocenters. The molecule has 0 saturated heterocycles. The first-order valence-electron chi connectivity index (χ1n) is 11.6. The van der Waals surface area contributed by atoms with Gasteiger partial charge in [-0.2, -0.15) is 0 Å². The molecule has 10 heteroatoms. The molecule has 0 aromatic heterocycles. The average Bonchev–Trinajstić information content (AvgIpc) is 2.81. The Hall–Kier alpha value is -0.760. The van der Waals surface area contributed by atoms with E-state index in [4.69, 9.17) is 51.1 Å². The molecule has 0 aliphatic carbocycles. The number of nitrogens with one attached hydrogen (secondary N) is 1. The molecule has 1 N–H and O–H groups in total. The number of hydrogen-bond acceptors (Lipinski definition) is 5. The van der Waals surface area contributed by atoms with Gasteiger partial charge in [-0.3, -0.25) is 4.79 Å². The highest BCUT2D eigenvalue weighted by molar-refractivity contribution is 8.00. The lowest BCUT2D eigenvalue weighted by Crippen LogP contribution is -2.46. The van der Waals surface area contributed by atoms with Gasteiger partial charge in [0.1, 0.15) is 6.04 Å². The minimum Gasteiger partial charge on any atom is -0.461 e. The first kappa shape index (κ1) is 31.5. The Bertz CT molecular complexity index is 996. The lowest BCUT2D eigenvalue weighted by Gasteiger charge is -2.22. The van der Waals surface area contributed by atoms with Crippen LogP contribution in [0.3, 0.4) is 0 Å². The topological polar surface area (TPSA) is 55.4 Å². The van der Waals surface area contributed by atoms with Gasteiger partial charge in [-0.15, -0.1) is 46.7 Å². The van der Waals surface area contributed by atoms with Crippen molar-refractivity contribution in [2.24, 2.45) is 5.92 Å². The molecule has 0 radical (unpaired) electrons. The van der Waals surface area contributed by atoms with Crippen LogP contribution in [0.2, 0.25) is 10.0 Å². The molecular formula is C26H31Cl4NO3S2. The van der Waals surface area contributed by atoms with Gasteiger partial charge in [-0.05, 0) is 61.7 Å². The third kappa shape index (κ3) is 10.9. The van der Waals surface area contributed by atoms with E-state index in [2.05, 4.69) is 23.5 Å².